The fraction of sp³-hybridized carbons (Fsp3) is 0.238. The minimum Gasteiger partial charge on any atom is -0.378 e. The molecule has 0 unspecified atom stereocenters. The summed E-state index contributed by atoms with van der Waals surface area (Å²) in [5.41, 5.74) is 2.88. The Kier molecular flexibility index (Phi) is 5.15. The lowest BCUT2D eigenvalue weighted by Gasteiger charge is -2.28. The molecule has 5 nitrogen and oxygen atoms in total. The highest BCUT2D eigenvalue weighted by molar-refractivity contribution is 6.31. The van der Waals surface area contributed by atoms with Crippen LogP contribution in [0.2, 0.25) is 5.02 Å². The molecule has 0 atom stereocenters. The van der Waals surface area contributed by atoms with E-state index < -0.39 is 5.82 Å². The van der Waals surface area contributed by atoms with E-state index >= 15 is 0 Å². The van der Waals surface area contributed by atoms with Crippen LogP contribution in [-0.4, -0.2) is 37.2 Å². The van der Waals surface area contributed by atoms with Crippen LogP contribution in [-0.2, 0) is 4.74 Å². The normalized spacial score (nSPS) is 14.3. The first-order valence-corrected chi connectivity index (χ1v) is 9.39. The van der Waals surface area contributed by atoms with Crippen LogP contribution in [0.15, 0.2) is 42.5 Å². The number of carbonyl (C=O) groups is 1. The van der Waals surface area contributed by atoms with Gasteiger partial charge in [-0.05, 0) is 55.0 Å². The third-order valence-electron chi connectivity index (χ3n) is 4.78. The van der Waals surface area contributed by atoms with Crippen molar-refractivity contribution in [3.05, 3.63) is 64.4 Å². The van der Waals surface area contributed by atoms with Crippen molar-refractivity contribution in [2.45, 2.75) is 6.92 Å². The van der Waals surface area contributed by atoms with Crippen molar-refractivity contribution >= 4 is 39.9 Å². The molecule has 1 fully saturated rings. The van der Waals surface area contributed by atoms with Gasteiger partial charge < -0.3 is 15.0 Å². The zero-order valence-electron chi connectivity index (χ0n) is 15.3. The second-order valence-corrected chi connectivity index (χ2v) is 7.12. The Labute approximate surface area is 167 Å². The Balaban J connectivity index is 1.59. The molecule has 28 heavy (non-hydrogen) atoms. The number of ether oxygens (including phenoxy) is 1. The number of nitrogens with one attached hydrogen (secondary N) is 1. The number of benzene rings is 2. The summed E-state index contributed by atoms with van der Waals surface area (Å²) >= 11 is 5.76. The van der Waals surface area contributed by atoms with Crippen LogP contribution in [0.1, 0.15) is 15.9 Å². The first kappa shape index (κ1) is 18.7. The Morgan fingerprint density at radius 2 is 1.96 bits per heavy atom. The predicted molar refractivity (Wildman–Crippen MR) is 109 cm³/mol. The van der Waals surface area contributed by atoms with Gasteiger partial charge in [0.2, 0.25) is 0 Å². The number of aromatic nitrogens is 1. The monoisotopic (exact) mass is 399 g/mol. The van der Waals surface area contributed by atoms with Gasteiger partial charge in [0, 0.05) is 29.7 Å². The minimum absolute atomic E-state index is 0.0816. The maximum Gasteiger partial charge on any atom is 0.255 e. The number of anilines is 2. The molecule has 0 radical (unpaired) electrons. The SMILES string of the molecule is Cc1cc(N2CCOCC2)nc2ccc(NC(=O)c3ccc(F)c(Cl)c3)cc12. The molecule has 1 saturated heterocycles. The number of halogens is 2. The van der Waals surface area contributed by atoms with Crippen molar-refractivity contribution in [3.63, 3.8) is 0 Å². The number of hydrogen-bond acceptors (Lipinski definition) is 4. The van der Waals surface area contributed by atoms with E-state index in [0.717, 1.165) is 35.4 Å². The van der Waals surface area contributed by atoms with Crippen LogP contribution in [0.3, 0.4) is 0 Å². The lowest BCUT2D eigenvalue weighted by atomic mass is 10.1. The number of carbonyl (C=O) groups excluding carboxylic acids is 1. The van der Waals surface area contributed by atoms with E-state index in [1.807, 2.05) is 19.1 Å². The van der Waals surface area contributed by atoms with Gasteiger partial charge in [-0.1, -0.05) is 11.6 Å². The summed E-state index contributed by atoms with van der Waals surface area (Å²) in [5.74, 6) is 0.0320. The second-order valence-electron chi connectivity index (χ2n) is 6.71. The molecule has 0 aliphatic carbocycles. The Hall–Kier alpha value is -2.70. The predicted octanol–water partition coefficient (Wildman–Crippen LogP) is 4.42. The van der Waals surface area contributed by atoms with E-state index in [9.17, 15) is 9.18 Å². The fourth-order valence-corrected chi connectivity index (χ4v) is 3.43. The Morgan fingerprint density at radius 1 is 1.18 bits per heavy atom. The van der Waals surface area contributed by atoms with E-state index in [0.29, 0.717) is 24.5 Å². The summed E-state index contributed by atoms with van der Waals surface area (Å²) < 4.78 is 18.7. The Morgan fingerprint density at radius 3 is 2.71 bits per heavy atom. The molecule has 144 valence electrons. The van der Waals surface area contributed by atoms with E-state index in [1.54, 1.807) is 6.07 Å². The van der Waals surface area contributed by atoms with Crippen LogP contribution >= 0.6 is 11.6 Å². The van der Waals surface area contributed by atoms with Crippen LogP contribution in [0, 0.1) is 12.7 Å². The topological polar surface area (TPSA) is 54.5 Å². The molecule has 0 spiro atoms. The average molecular weight is 400 g/mol. The summed E-state index contributed by atoms with van der Waals surface area (Å²) in [6.45, 7) is 5.09. The second kappa shape index (κ2) is 7.73. The van der Waals surface area contributed by atoms with Crippen molar-refractivity contribution in [1.29, 1.82) is 0 Å². The number of fused-ring (bicyclic) bond motifs is 1. The summed E-state index contributed by atoms with van der Waals surface area (Å²) in [5, 5.41) is 3.71. The first-order valence-electron chi connectivity index (χ1n) is 9.02. The molecule has 7 heteroatoms. The third kappa shape index (κ3) is 3.79. The van der Waals surface area contributed by atoms with Crippen LogP contribution in [0.4, 0.5) is 15.9 Å². The number of morpholine rings is 1. The molecular weight excluding hydrogens is 381 g/mol. The van der Waals surface area contributed by atoms with Gasteiger partial charge in [0.15, 0.2) is 0 Å². The van der Waals surface area contributed by atoms with Crippen LogP contribution in [0.5, 0.6) is 0 Å². The highest BCUT2D eigenvalue weighted by Gasteiger charge is 2.15. The molecule has 1 N–H and O–H groups in total. The highest BCUT2D eigenvalue weighted by Crippen LogP contribution is 2.26. The zero-order chi connectivity index (χ0) is 19.7. The lowest BCUT2D eigenvalue weighted by Crippen LogP contribution is -2.36. The summed E-state index contributed by atoms with van der Waals surface area (Å²) in [7, 11) is 0. The van der Waals surface area contributed by atoms with Gasteiger partial charge >= 0.3 is 0 Å². The fourth-order valence-electron chi connectivity index (χ4n) is 3.25. The quantitative estimate of drug-likeness (QED) is 0.708. The largest absolute Gasteiger partial charge is 0.378 e. The van der Waals surface area contributed by atoms with E-state index in [1.165, 1.54) is 18.2 Å². The minimum atomic E-state index is -0.554. The molecule has 1 amide bonds. The van der Waals surface area contributed by atoms with Gasteiger partial charge in [0.25, 0.3) is 5.91 Å². The maximum absolute atomic E-state index is 13.3. The summed E-state index contributed by atoms with van der Waals surface area (Å²) in [4.78, 5) is 19.4. The van der Waals surface area contributed by atoms with Crippen molar-refractivity contribution in [2.75, 3.05) is 36.5 Å². The van der Waals surface area contributed by atoms with Crippen molar-refractivity contribution in [2.24, 2.45) is 0 Å². The standard InChI is InChI=1S/C21H19ClFN3O2/c1-13-10-20(26-6-8-28-9-7-26)25-19-5-3-15(12-16(13)19)24-21(27)14-2-4-18(23)17(22)11-14/h2-5,10-12H,6-9H2,1H3,(H,24,27). The molecule has 1 aliphatic heterocycles. The molecule has 0 bridgehead atoms. The summed E-state index contributed by atoms with van der Waals surface area (Å²) in [6.07, 6.45) is 0. The molecular formula is C21H19ClFN3O2. The van der Waals surface area contributed by atoms with Gasteiger partial charge in [-0.3, -0.25) is 4.79 Å². The van der Waals surface area contributed by atoms with Crippen molar-refractivity contribution in [1.82, 2.24) is 4.98 Å². The van der Waals surface area contributed by atoms with Gasteiger partial charge in [0.1, 0.15) is 11.6 Å². The molecule has 1 aromatic heterocycles. The van der Waals surface area contributed by atoms with Gasteiger partial charge in [-0.25, -0.2) is 9.37 Å². The molecule has 2 aromatic carbocycles. The number of rotatable bonds is 3. The first-order chi connectivity index (χ1) is 13.5. The van der Waals surface area contributed by atoms with Gasteiger partial charge in [-0.2, -0.15) is 0 Å². The molecule has 1 aliphatic rings. The number of aryl methyl sites for hydroxylation is 1. The highest BCUT2D eigenvalue weighted by atomic mass is 35.5. The van der Waals surface area contributed by atoms with E-state index in [2.05, 4.69) is 16.3 Å². The number of amides is 1. The van der Waals surface area contributed by atoms with E-state index in [4.69, 9.17) is 21.3 Å². The van der Waals surface area contributed by atoms with E-state index in [-0.39, 0.29) is 10.9 Å². The number of pyridine rings is 1. The number of hydrogen-bond donors (Lipinski definition) is 1. The third-order valence-corrected chi connectivity index (χ3v) is 5.07. The van der Waals surface area contributed by atoms with Crippen LogP contribution in [0.25, 0.3) is 10.9 Å². The Bertz CT molecular complexity index is 1050. The average Bonchev–Trinajstić information content (AvgIpc) is 2.71. The molecule has 4 rings (SSSR count). The van der Waals surface area contributed by atoms with Crippen molar-refractivity contribution in [3.8, 4) is 0 Å². The molecule has 0 saturated carbocycles. The smallest absolute Gasteiger partial charge is 0.255 e. The van der Waals surface area contributed by atoms with Gasteiger partial charge in [-0.15, -0.1) is 0 Å². The zero-order valence-corrected chi connectivity index (χ0v) is 16.1. The van der Waals surface area contributed by atoms with Crippen LogP contribution < -0.4 is 10.2 Å². The molecule has 2 heterocycles. The lowest BCUT2D eigenvalue weighted by molar-refractivity contribution is 0.102. The van der Waals surface area contributed by atoms with Gasteiger partial charge in [0.05, 0.1) is 23.8 Å². The summed E-state index contributed by atoms with van der Waals surface area (Å²) in [6, 6.07) is 11.5. The maximum atomic E-state index is 13.3. The molecule has 3 aromatic rings. The van der Waals surface area contributed by atoms with Crippen molar-refractivity contribution < 1.29 is 13.9 Å². The number of nitrogens with zero attached hydrogens (tertiary/aromatic N) is 2.